The molecule has 0 bridgehead atoms. The van der Waals surface area contributed by atoms with E-state index in [1.807, 2.05) is 74.5 Å². The molecule has 2 aromatic carbocycles. The highest BCUT2D eigenvalue weighted by Crippen LogP contribution is 2.28. The van der Waals surface area contributed by atoms with Crippen LogP contribution in [0, 0.1) is 13.8 Å². The topological polar surface area (TPSA) is 68.5 Å². The number of amides is 1. The zero-order valence-electron chi connectivity index (χ0n) is 16.6. The van der Waals surface area contributed by atoms with Crippen molar-refractivity contribution >= 4 is 17.2 Å². The highest BCUT2D eigenvalue weighted by Gasteiger charge is 2.20. The number of benzene rings is 2. The molecule has 0 aliphatic heterocycles. The van der Waals surface area contributed by atoms with Gasteiger partial charge in [0.05, 0.1) is 19.2 Å². The van der Waals surface area contributed by atoms with Crippen molar-refractivity contribution in [3.63, 3.8) is 0 Å². The van der Waals surface area contributed by atoms with Crippen LogP contribution in [-0.2, 0) is 11.2 Å². The first kappa shape index (κ1) is 18.7. The second-order valence-corrected chi connectivity index (χ2v) is 6.92. The average molecular weight is 386 g/mol. The molecule has 0 spiro atoms. The lowest BCUT2D eigenvalue weighted by Crippen LogP contribution is -2.15. The monoisotopic (exact) mass is 386 g/mol. The summed E-state index contributed by atoms with van der Waals surface area (Å²) >= 11 is 0. The molecule has 146 valence electrons. The molecule has 29 heavy (non-hydrogen) atoms. The van der Waals surface area contributed by atoms with Crippen molar-refractivity contribution in [3.05, 3.63) is 77.6 Å². The van der Waals surface area contributed by atoms with Crippen LogP contribution >= 0.6 is 0 Å². The number of aryl methyl sites for hydroxylation is 2. The SMILES string of the molecule is COc1ccc(-c2nn3c(C)cc(C)nc3c2CC(=O)Nc2ccccc2)cc1. The Morgan fingerprint density at radius 3 is 2.48 bits per heavy atom. The maximum atomic E-state index is 12.8. The number of carbonyl (C=O) groups excluding carboxylic acids is 1. The number of nitrogens with one attached hydrogen (secondary N) is 1. The highest BCUT2D eigenvalue weighted by molar-refractivity contribution is 5.94. The van der Waals surface area contributed by atoms with Crippen LogP contribution in [0.25, 0.3) is 16.9 Å². The molecule has 2 aromatic heterocycles. The third-order valence-corrected chi connectivity index (χ3v) is 4.75. The maximum Gasteiger partial charge on any atom is 0.229 e. The molecule has 0 fully saturated rings. The van der Waals surface area contributed by atoms with E-state index in [0.717, 1.165) is 39.6 Å². The van der Waals surface area contributed by atoms with Crippen molar-refractivity contribution < 1.29 is 9.53 Å². The number of nitrogens with zero attached hydrogens (tertiary/aromatic N) is 3. The number of para-hydroxylation sites is 1. The lowest BCUT2D eigenvalue weighted by Gasteiger charge is -2.07. The van der Waals surface area contributed by atoms with Crippen LogP contribution in [0.4, 0.5) is 5.69 Å². The van der Waals surface area contributed by atoms with E-state index in [9.17, 15) is 4.79 Å². The summed E-state index contributed by atoms with van der Waals surface area (Å²) in [4.78, 5) is 17.5. The second kappa shape index (κ2) is 7.75. The van der Waals surface area contributed by atoms with Gasteiger partial charge in [-0.25, -0.2) is 9.50 Å². The quantitative estimate of drug-likeness (QED) is 0.558. The van der Waals surface area contributed by atoms with Gasteiger partial charge in [-0.05, 0) is 56.3 Å². The summed E-state index contributed by atoms with van der Waals surface area (Å²) < 4.78 is 7.06. The van der Waals surface area contributed by atoms with Gasteiger partial charge in [-0.1, -0.05) is 18.2 Å². The van der Waals surface area contributed by atoms with Crippen LogP contribution in [0.1, 0.15) is 17.0 Å². The zero-order chi connectivity index (χ0) is 20.4. The fourth-order valence-corrected chi connectivity index (χ4v) is 3.40. The third-order valence-electron chi connectivity index (χ3n) is 4.75. The molecular weight excluding hydrogens is 364 g/mol. The van der Waals surface area contributed by atoms with Gasteiger partial charge in [-0.3, -0.25) is 4.79 Å². The Morgan fingerprint density at radius 2 is 1.79 bits per heavy atom. The summed E-state index contributed by atoms with van der Waals surface area (Å²) in [5, 5.41) is 7.72. The van der Waals surface area contributed by atoms with Gasteiger partial charge >= 0.3 is 0 Å². The van der Waals surface area contributed by atoms with Crippen LogP contribution in [0.3, 0.4) is 0 Å². The average Bonchev–Trinajstić information content (AvgIpc) is 3.07. The zero-order valence-corrected chi connectivity index (χ0v) is 16.6. The molecule has 6 nitrogen and oxygen atoms in total. The Balaban J connectivity index is 1.78. The minimum Gasteiger partial charge on any atom is -0.497 e. The predicted molar refractivity (Wildman–Crippen MR) is 113 cm³/mol. The third kappa shape index (κ3) is 3.82. The van der Waals surface area contributed by atoms with Crippen LogP contribution < -0.4 is 10.1 Å². The van der Waals surface area contributed by atoms with Crippen LogP contribution in [0.15, 0.2) is 60.7 Å². The number of methoxy groups -OCH3 is 1. The van der Waals surface area contributed by atoms with Crippen molar-refractivity contribution in [3.8, 4) is 17.0 Å². The maximum absolute atomic E-state index is 12.8. The minimum absolute atomic E-state index is 0.109. The normalized spacial score (nSPS) is 10.9. The van der Waals surface area contributed by atoms with Crippen molar-refractivity contribution in [1.29, 1.82) is 0 Å². The molecule has 0 unspecified atom stereocenters. The summed E-state index contributed by atoms with van der Waals surface area (Å²) in [5.41, 5.74) is 5.79. The van der Waals surface area contributed by atoms with Gasteiger partial charge in [0.2, 0.25) is 5.91 Å². The highest BCUT2D eigenvalue weighted by atomic mass is 16.5. The van der Waals surface area contributed by atoms with E-state index in [4.69, 9.17) is 9.84 Å². The van der Waals surface area contributed by atoms with Crippen molar-refractivity contribution in [2.45, 2.75) is 20.3 Å². The van der Waals surface area contributed by atoms with E-state index < -0.39 is 0 Å². The standard InChI is InChI=1S/C23H22N4O2/c1-15-13-16(2)27-23(24-15)20(14-21(28)25-18-7-5-4-6-8-18)22(26-27)17-9-11-19(29-3)12-10-17/h4-13H,14H2,1-3H3,(H,25,28). The molecule has 6 heteroatoms. The van der Waals surface area contributed by atoms with Crippen molar-refractivity contribution in [1.82, 2.24) is 14.6 Å². The Labute approximate surface area is 169 Å². The van der Waals surface area contributed by atoms with Gasteiger partial charge in [-0.15, -0.1) is 0 Å². The Morgan fingerprint density at radius 1 is 1.07 bits per heavy atom. The Bertz CT molecular complexity index is 1170. The van der Waals surface area contributed by atoms with Crippen LogP contribution in [0.2, 0.25) is 0 Å². The molecule has 0 aliphatic carbocycles. The predicted octanol–water partition coefficient (Wildman–Crippen LogP) is 4.20. The lowest BCUT2D eigenvalue weighted by molar-refractivity contribution is -0.115. The van der Waals surface area contributed by atoms with E-state index in [1.165, 1.54) is 0 Å². The molecule has 4 aromatic rings. The largest absolute Gasteiger partial charge is 0.497 e. The molecular formula is C23H22N4O2. The molecule has 0 aliphatic rings. The molecule has 2 heterocycles. The van der Waals surface area contributed by atoms with E-state index in [0.29, 0.717) is 5.65 Å². The molecule has 0 atom stereocenters. The van der Waals surface area contributed by atoms with Gasteiger partial charge in [0.1, 0.15) is 5.75 Å². The summed E-state index contributed by atoms with van der Waals surface area (Å²) in [6, 6.07) is 19.1. The first-order valence-corrected chi connectivity index (χ1v) is 9.40. The molecule has 4 rings (SSSR count). The fraction of sp³-hybridized carbons (Fsp3) is 0.174. The second-order valence-electron chi connectivity index (χ2n) is 6.92. The Kier molecular flexibility index (Phi) is 4.99. The molecule has 0 saturated heterocycles. The summed E-state index contributed by atoms with van der Waals surface area (Å²) in [7, 11) is 1.63. The number of anilines is 1. The molecule has 1 N–H and O–H groups in total. The van der Waals surface area contributed by atoms with E-state index in [2.05, 4.69) is 10.3 Å². The molecule has 1 amide bonds. The van der Waals surface area contributed by atoms with Gasteiger partial charge in [-0.2, -0.15) is 5.10 Å². The number of rotatable bonds is 5. The molecule has 0 radical (unpaired) electrons. The van der Waals surface area contributed by atoms with Crippen molar-refractivity contribution in [2.75, 3.05) is 12.4 Å². The van der Waals surface area contributed by atoms with Crippen LogP contribution in [-0.4, -0.2) is 27.6 Å². The minimum atomic E-state index is -0.109. The van der Waals surface area contributed by atoms with E-state index in [-0.39, 0.29) is 12.3 Å². The van der Waals surface area contributed by atoms with E-state index in [1.54, 1.807) is 11.6 Å². The smallest absolute Gasteiger partial charge is 0.229 e. The summed E-state index contributed by atoms with van der Waals surface area (Å²) in [5.74, 6) is 0.660. The van der Waals surface area contributed by atoms with Gasteiger partial charge in [0.15, 0.2) is 5.65 Å². The van der Waals surface area contributed by atoms with Gasteiger partial charge in [0, 0.05) is 28.2 Å². The van der Waals surface area contributed by atoms with Crippen molar-refractivity contribution in [2.24, 2.45) is 0 Å². The molecule has 0 saturated carbocycles. The van der Waals surface area contributed by atoms with Gasteiger partial charge < -0.3 is 10.1 Å². The number of fused-ring (bicyclic) bond motifs is 1. The summed E-state index contributed by atoms with van der Waals surface area (Å²) in [6.45, 7) is 3.93. The first-order valence-electron chi connectivity index (χ1n) is 9.40. The summed E-state index contributed by atoms with van der Waals surface area (Å²) in [6.07, 6.45) is 0.176. The fourth-order valence-electron chi connectivity index (χ4n) is 3.40. The van der Waals surface area contributed by atoms with Gasteiger partial charge in [0.25, 0.3) is 0 Å². The lowest BCUT2D eigenvalue weighted by atomic mass is 10.0. The number of hydrogen-bond donors (Lipinski definition) is 1. The number of ether oxygens (including phenoxy) is 1. The van der Waals surface area contributed by atoms with E-state index >= 15 is 0 Å². The number of hydrogen-bond acceptors (Lipinski definition) is 4. The Hall–Kier alpha value is -3.67. The number of carbonyl (C=O) groups is 1. The van der Waals surface area contributed by atoms with Crippen LogP contribution in [0.5, 0.6) is 5.75 Å². The first-order chi connectivity index (χ1) is 14.0. The number of aromatic nitrogens is 3.